The van der Waals surface area contributed by atoms with Gasteiger partial charge in [-0.15, -0.1) is 0 Å². The van der Waals surface area contributed by atoms with Crippen molar-refractivity contribution in [3.8, 4) is 0 Å². The molecule has 0 bridgehead atoms. The molecule has 2 aliphatic rings. The second kappa shape index (κ2) is 11.1. The number of nitrogens with one attached hydrogen (secondary N) is 1. The lowest BCUT2D eigenvalue weighted by Gasteiger charge is -2.33. The molecule has 1 N–H and O–H groups in total. The van der Waals surface area contributed by atoms with Gasteiger partial charge in [0, 0.05) is 24.7 Å². The summed E-state index contributed by atoms with van der Waals surface area (Å²) >= 11 is 0. The number of rotatable bonds is 7. The fourth-order valence-electron chi connectivity index (χ4n) is 6.17. The van der Waals surface area contributed by atoms with Crippen LogP contribution in [0, 0.1) is 5.41 Å². The fourth-order valence-corrected chi connectivity index (χ4v) is 8.62. The van der Waals surface area contributed by atoms with E-state index in [-0.39, 0.29) is 10.7 Å². The van der Waals surface area contributed by atoms with Crippen molar-refractivity contribution in [2.45, 2.75) is 69.7 Å². The fraction of sp³-hybridized carbons (Fsp3) is 0.375. The third-order valence-corrected chi connectivity index (χ3v) is 11.0. The minimum atomic E-state index is -3.57. The van der Waals surface area contributed by atoms with Crippen molar-refractivity contribution < 1.29 is 8.42 Å². The van der Waals surface area contributed by atoms with E-state index in [2.05, 4.69) is 21.0 Å². The van der Waals surface area contributed by atoms with Crippen LogP contribution < -0.4 is 0 Å². The van der Waals surface area contributed by atoms with E-state index in [0.717, 1.165) is 79.2 Å². The predicted molar refractivity (Wildman–Crippen MR) is 156 cm³/mol. The number of allylic oxidation sites excluding steroid dienone is 2. The number of hydrogen-bond donors (Lipinski definition) is 1. The molecule has 1 fully saturated rings. The van der Waals surface area contributed by atoms with Crippen molar-refractivity contribution in [1.29, 1.82) is 0 Å². The quantitative estimate of drug-likeness (QED) is 0.277. The molecule has 6 rings (SSSR count). The second-order valence-corrected chi connectivity index (χ2v) is 13.2. The third-order valence-electron chi connectivity index (χ3n) is 8.52. The highest BCUT2D eigenvalue weighted by molar-refractivity contribution is 7.89. The molecule has 39 heavy (non-hydrogen) atoms. The summed E-state index contributed by atoms with van der Waals surface area (Å²) in [6, 6.07) is 22.0. The van der Waals surface area contributed by atoms with Crippen LogP contribution in [0.4, 0.5) is 0 Å². The first kappa shape index (κ1) is 26.0. The van der Waals surface area contributed by atoms with Gasteiger partial charge in [0.2, 0.25) is 10.0 Å². The van der Waals surface area contributed by atoms with Crippen LogP contribution in [-0.2, 0) is 23.1 Å². The average molecular weight is 541 g/mol. The molecule has 6 nitrogen and oxygen atoms in total. The van der Waals surface area contributed by atoms with Crippen molar-refractivity contribution in [1.82, 2.24) is 19.3 Å². The van der Waals surface area contributed by atoms with E-state index < -0.39 is 10.0 Å². The molecule has 0 aliphatic heterocycles. The van der Waals surface area contributed by atoms with E-state index in [1.54, 1.807) is 10.6 Å². The first-order chi connectivity index (χ1) is 19.1. The largest absolute Gasteiger partial charge is 0.346 e. The molecule has 0 amide bonds. The van der Waals surface area contributed by atoms with Crippen molar-refractivity contribution in [2.24, 2.45) is 5.41 Å². The summed E-state index contributed by atoms with van der Waals surface area (Å²) in [5.74, 6) is 0. The molecule has 2 aliphatic carbocycles. The molecule has 2 aromatic heterocycles. The van der Waals surface area contributed by atoms with Crippen LogP contribution in [0.2, 0.25) is 0 Å². The van der Waals surface area contributed by atoms with Crippen LogP contribution in [0.1, 0.15) is 68.2 Å². The number of aromatic amines is 1. The summed E-state index contributed by atoms with van der Waals surface area (Å²) in [5.41, 5.74) is 4.86. The van der Waals surface area contributed by atoms with Gasteiger partial charge in [-0.2, -0.15) is 4.31 Å². The molecular formula is C32H36N4O2S. The first-order valence-electron chi connectivity index (χ1n) is 14.1. The number of benzene rings is 2. The topological polar surface area (TPSA) is 79.0 Å². The van der Waals surface area contributed by atoms with Gasteiger partial charge in [0.05, 0.1) is 10.9 Å². The Morgan fingerprint density at radius 1 is 0.872 bits per heavy atom. The lowest BCUT2D eigenvalue weighted by atomic mass is 9.89. The van der Waals surface area contributed by atoms with Crippen LogP contribution in [0.5, 0.6) is 0 Å². The van der Waals surface area contributed by atoms with E-state index in [0.29, 0.717) is 13.1 Å². The predicted octanol–water partition coefficient (Wildman–Crippen LogP) is 6.88. The SMILES string of the molecule is O=S(=O)(C1CCCCCC(c2ncnc3[nH]ccc23)=CCC12CC2)N(Cc1ccccc1)Cc1ccccc1. The Bertz CT molecular complexity index is 1500. The van der Waals surface area contributed by atoms with E-state index in [1.165, 1.54) is 5.57 Å². The van der Waals surface area contributed by atoms with Gasteiger partial charge < -0.3 is 4.98 Å². The second-order valence-electron chi connectivity index (χ2n) is 11.1. The van der Waals surface area contributed by atoms with Gasteiger partial charge in [-0.25, -0.2) is 18.4 Å². The van der Waals surface area contributed by atoms with Crippen LogP contribution >= 0.6 is 0 Å². The normalized spacial score (nSPS) is 19.7. The maximum atomic E-state index is 14.6. The lowest BCUT2D eigenvalue weighted by molar-refractivity contribution is 0.356. The smallest absolute Gasteiger partial charge is 0.218 e. The summed E-state index contributed by atoms with van der Waals surface area (Å²) in [5, 5.41) is 0.650. The van der Waals surface area contributed by atoms with Gasteiger partial charge in [-0.05, 0) is 66.7 Å². The maximum Gasteiger partial charge on any atom is 0.218 e. The lowest BCUT2D eigenvalue weighted by Crippen LogP contribution is -2.42. The van der Waals surface area contributed by atoms with E-state index in [4.69, 9.17) is 0 Å². The molecule has 1 atom stereocenters. The monoisotopic (exact) mass is 540 g/mol. The zero-order valence-corrected chi connectivity index (χ0v) is 23.1. The summed E-state index contributed by atoms with van der Waals surface area (Å²) < 4.78 is 30.9. The molecule has 1 spiro atoms. The molecular weight excluding hydrogens is 504 g/mol. The highest BCUT2D eigenvalue weighted by Gasteiger charge is 2.54. The van der Waals surface area contributed by atoms with Gasteiger partial charge in [0.15, 0.2) is 0 Å². The molecule has 2 heterocycles. The number of fused-ring (bicyclic) bond motifs is 1. The number of H-pyrrole nitrogens is 1. The summed E-state index contributed by atoms with van der Waals surface area (Å²) in [4.78, 5) is 12.2. The molecule has 1 saturated carbocycles. The summed E-state index contributed by atoms with van der Waals surface area (Å²) in [6.07, 6.45) is 13.1. The zero-order valence-electron chi connectivity index (χ0n) is 22.3. The van der Waals surface area contributed by atoms with Crippen LogP contribution in [0.3, 0.4) is 0 Å². The molecule has 202 valence electrons. The Labute approximate surface area is 231 Å². The Balaban J connectivity index is 1.33. The zero-order chi connectivity index (χ0) is 26.7. The standard InChI is InChI=1S/C32H36N4O2S/c37-39(38,36(22-25-10-4-1-5-11-25)23-26-12-6-2-7-13-26)29-15-9-3-8-14-27(16-18-32(29)19-20-32)30-28-17-21-33-31(28)35-24-34-30/h1-2,4-7,10-13,16-17,21,24,29H,3,8-9,14-15,18-20,22-23H2,(H,33,34,35). The van der Waals surface area contributed by atoms with Gasteiger partial charge in [-0.3, -0.25) is 0 Å². The van der Waals surface area contributed by atoms with E-state index >= 15 is 0 Å². The van der Waals surface area contributed by atoms with Crippen molar-refractivity contribution in [3.05, 3.63) is 102 Å². The first-order valence-corrected chi connectivity index (χ1v) is 15.6. The van der Waals surface area contributed by atoms with Gasteiger partial charge in [0.25, 0.3) is 0 Å². The van der Waals surface area contributed by atoms with E-state index in [1.807, 2.05) is 72.9 Å². The third kappa shape index (κ3) is 5.56. The summed E-state index contributed by atoms with van der Waals surface area (Å²) in [6.45, 7) is 0.774. The minimum absolute atomic E-state index is 0.211. The van der Waals surface area contributed by atoms with Crippen molar-refractivity contribution in [3.63, 3.8) is 0 Å². The Kier molecular flexibility index (Phi) is 7.36. The van der Waals surface area contributed by atoms with Crippen LogP contribution in [0.25, 0.3) is 16.6 Å². The Morgan fingerprint density at radius 3 is 2.23 bits per heavy atom. The number of aromatic nitrogens is 3. The van der Waals surface area contributed by atoms with Crippen molar-refractivity contribution >= 4 is 26.6 Å². The van der Waals surface area contributed by atoms with E-state index in [9.17, 15) is 8.42 Å². The highest BCUT2D eigenvalue weighted by Crippen LogP contribution is 2.57. The van der Waals surface area contributed by atoms with Gasteiger partial charge in [0.1, 0.15) is 12.0 Å². The Morgan fingerprint density at radius 2 is 1.56 bits per heavy atom. The molecule has 4 aromatic rings. The number of hydrogen-bond acceptors (Lipinski definition) is 4. The molecule has 0 radical (unpaired) electrons. The highest BCUT2D eigenvalue weighted by atomic mass is 32.2. The van der Waals surface area contributed by atoms with Crippen LogP contribution in [0.15, 0.2) is 85.3 Å². The maximum absolute atomic E-state index is 14.6. The number of sulfonamides is 1. The molecule has 1 unspecified atom stereocenters. The number of nitrogens with zero attached hydrogens (tertiary/aromatic N) is 3. The Hall–Kier alpha value is -3.29. The van der Waals surface area contributed by atoms with Gasteiger partial charge in [-0.1, -0.05) is 79.6 Å². The minimum Gasteiger partial charge on any atom is -0.346 e. The average Bonchev–Trinajstić information content (AvgIpc) is 3.57. The molecule has 0 saturated heterocycles. The van der Waals surface area contributed by atoms with Gasteiger partial charge >= 0.3 is 0 Å². The van der Waals surface area contributed by atoms with Crippen LogP contribution in [-0.4, -0.2) is 32.9 Å². The molecule has 7 heteroatoms. The molecule has 2 aromatic carbocycles. The summed E-state index contributed by atoms with van der Waals surface area (Å²) in [7, 11) is -3.57. The van der Waals surface area contributed by atoms with Crippen molar-refractivity contribution in [2.75, 3.05) is 0 Å².